The Labute approximate surface area is 131 Å². The minimum absolute atomic E-state index is 0.592. The molecule has 22 heavy (non-hydrogen) atoms. The number of likely N-dealkylation sites (tertiary alicyclic amines) is 1. The van der Waals surface area contributed by atoms with Crippen LogP contribution in [0.1, 0.15) is 19.8 Å². The summed E-state index contributed by atoms with van der Waals surface area (Å²) >= 11 is 0. The monoisotopic (exact) mass is 301 g/mol. The van der Waals surface area contributed by atoms with Gasteiger partial charge in [0.1, 0.15) is 5.69 Å². The van der Waals surface area contributed by atoms with E-state index in [1.165, 1.54) is 25.9 Å². The molecule has 6 heteroatoms. The molecule has 0 aliphatic carbocycles. The lowest BCUT2D eigenvalue weighted by Crippen LogP contribution is -2.35. The van der Waals surface area contributed by atoms with Crippen molar-refractivity contribution in [2.45, 2.75) is 26.3 Å². The van der Waals surface area contributed by atoms with Crippen molar-refractivity contribution < 1.29 is 4.74 Å². The topological polar surface area (TPSA) is 56.1 Å². The highest BCUT2D eigenvalue weighted by molar-refractivity contribution is 5.52. The predicted molar refractivity (Wildman–Crippen MR) is 84.6 cm³/mol. The molecule has 0 N–H and O–H groups in total. The fourth-order valence-corrected chi connectivity index (χ4v) is 2.73. The molecule has 3 heterocycles. The van der Waals surface area contributed by atoms with Crippen molar-refractivity contribution >= 4 is 0 Å². The minimum atomic E-state index is 0.592. The summed E-state index contributed by atoms with van der Waals surface area (Å²) in [6, 6.07) is 5.66. The molecule has 2 aromatic heterocycles. The van der Waals surface area contributed by atoms with Crippen LogP contribution in [0.2, 0.25) is 0 Å². The fourth-order valence-electron chi connectivity index (χ4n) is 2.73. The molecule has 0 saturated carbocycles. The van der Waals surface area contributed by atoms with Crippen LogP contribution in [0.3, 0.4) is 0 Å². The SMILES string of the molecule is COc1cccc(-c2cn(CCN3CCC(C)CC3)nn2)n1. The highest BCUT2D eigenvalue weighted by Crippen LogP contribution is 2.18. The summed E-state index contributed by atoms with van der Waals surface area (Å²) in [6.07, 6.45) is 4.56. The first kappa shape index (κ1) is 15.0. The van der Waals surface area contributed by atoms with Gasteiger partial charge in [0.05, 0.1) is 25.5 Å². The van der Waals surface area contributed by atoms with E-state index in [1.54, 1.807) is 7.11 Å². The van der Waals surface area contributed by atoms with Gasteiger partial charge in [0.2, 0.25) is 5.88 Å². The number of nitrogens with zero attached hydrogens (tertiary/aromatic N) is 5. The summed E-state index contributed by atoms with van der Waals surface area (Å²) in [5, 5.41) is 8.42. The van der Waals surface area contributed by atoms with E-state index in [0.29, 0.717) is 5.88 Å². The van der Waals surface area contributed by atoms with Gasteiger partial charge in [0.15, 0.2) is 0 Å². The highest BCUT2D eigenvalue weighted by atomic mass is 16.5. The van der Waals surface area contributed by atoms with Crippen molar-refractivity contribution in [3.05, 3.63) is 24.4 Å². The molecule has 1 fully saturated rings. The van der Waals surface area contributed by atoms with Crippen LogP contribution in [0.25, 0.3) is 11.4 Å². The molecular weight excluding hydrogens is 278 g/mol. The Morgan fingerprint density at radius 2 is 2.00 bits per heavy atom. The second kappa shape index (κ2) is 6.87. The van der Waals surface area contributed by atoms with Gasteiger partial charge in [-0.25, -0.2) is 4.98 Å². The smallest absolute Gasteiger partial charge is 0.213 e. The van der Waals surface area contributed by atoms with Crippen molar-refractivity contribution in [2.75, 3.05) is 26.7 Å². The predicted octanol–water partition coefficient (Wildman–Crippen LogP) is 2.08. The van der Waals surface area contributed by atoms with Crippen LogP contribution < -0.4 is 4.74 Å². The molecule has 0 atom stereocenters. The lowest BCUT2D eigenvalue weighted by molar-refractivity contribution is 0.184. The zero-order valence-corrected chi connectivity index (χ0v) is 13.3. The van der Waals surface area contributed by atoms with Crippen LogP contribution in [-0.2, 0) is 6.54 Å². The van der Waals surface area contributed by atoms with Crippen LogP contribution >= 0.6 is 0 Å². The average Bonchev–Trinajstić information content (AvgIpc) is 3.03. The van der Waals surface area contributed by atoms with E-state index < -0.39 is 0 Å². The number of aromatic nitrogens is 4. The van der Waals surface area contributed by atoms with Gasteiger partial charge in [-0.05, 0) is 37.9 Å². The van der Waals surface area contributed by atoms with Gasteiger partial charge in [-0.15, -0.1) is 5.10 Å². The average molecular weight is 301 g/mol. The third-order valence-corrected chi connectivity index (χ3v) is 4.26. The van der Waals surface area contributed by atoms with Crippen molar-refractivity contribution in [2.24, 2.45) is 5.92 Å². The number of hydrogen-bond donors (Lipinski definition) is 0. The normalized spacial score (nSPS) is 16.8. The van der Waals surface area contributed by atoms with Crippen LogP contribution in [-0.4, -0.2) is 51.6 Å². The molecule has 1 aliphatic heterocycles. The second-order valence-corrected chi connectivity index (χ2v) is 5.96. The van der Waals surface area contributed by atoms with Crippen molar-refractivity contribution in [1.29, 1.82) is 0 Å². The third kappa shape index (κ3) is 3.62. The number of pyridine rings is 1. The van der Waals surface area contributed by atoms with Crippen LogP contribution in [0.5, 0.6) is 5.88 Å². The number of hydrogen-bond acceptors (Lipinski definition) is 5. The summed E-state index contributed by atoms with van der Waals surface area (Å²) in [7, 11) is 1.61. The Morgan fingerprint density at radius 1 is 1.18 bits per heavy atom. The maximum Gasteiger partial charge on any atom is 0.213 e. The zero-order chi connectivity index (χ0) is 15.4. The third-order valence-electron chi connectivity index (χ3n) is 4.26. The molecule has 0 unspecified atom stereocenters. The molecule has 0 spiro atoms. The first-order valence-corrected chi connectivity index (χ1v) is 7.88. The minimum Gasteiger partial charge on any atom is -0.481 e. The van der Waals surface area contributed by atoms with Gasteiger partial charge in [-0.1, -0.05) is 18.2 Å². The lowest BCUT2D eigenvalue weighted by atomic mass is 9.99. The molecule has 1 saturated heterocycles. The van der Waals surface area contributed by atoms with E-state index in [0.717, 1.165) is 30.4 Å². The van der Waals surface area contributed by atoms with Gasteiger partial charge in [0, 0.05) is 12.6 Å². The van der Waals surface area contributed by atoms with Crippen LogP contribution in [0.15, 0.2) is 24.4 Å². The van der Waals surface area contributed by atoms with Crippen molar-refractivity contribution in [3.63, 3.8) is 0 Å². The van der Waals surface area contributed by atoms with Gasteiger partial charge in [-0.2, -0.15) is 0 Å². The fraction of sp³-hybridized carbons (Fsp3) is 0.562. The maximum atomic E-state index is 5.15. The Bertz CT molecular complexity index is 604. The van der Waals surface area contributed by atoms with Crippen LogP contribution in [0, 0.1) is 5.92 Å². The van der Waals surface area contributed by atoms with Gasteiger partial charge in [-0.3, -0.25) is 4.68 Å². The molecular formula is C16H23N5O. The Kier molecular flexibility index (Phi) is 4.68. The van der Waals surface area contributed by atoms with Gasteiger partial charge >= 0.3 is 0 Å². The Hall–Kier alpha value is -1.95. The molecule has 118 valence electrons. The largest absolute Gasteiger partial charge is 0.481 e. The van der Waals surface area contributed by atoms with Crippen LogP contribution in [0.4, 0.5) is 0 Å². The molecule has 0 bridgehead atoms. The molecule has 3 rings (SSSR count). The second-order valence-electron chi connectivity index (χ2n) is 5.96. The number of methoxy groups -OCH3 is 1. The van der Waals surface area contributed by atoms with E-state index >= 15 is 0 Å². The summed E-state index contributed by atoms with van der Waals surface area (Å²) in [5.41, 5.74) is 1.57. The van der Waals surface area contributed by atoms with Crippen molar-refractivity contribution in [1.82, 2.24) is 24.9 Å². The lowest BCUT2D eigenvalue weighted by Gasteiger charge is -2.29. The summed E-state index contributed by atoms with van der Waals surface area (Å²) in [6.45, 7) is 6.62. The van der Waals surface area contributed by atoms with Gasteiger partial charge < -0.3 is 9.64 Å². The van der Waals surface area contributed by atoms with Crippen molar-refractivity contribution in [3.8, 4) is 17.3 Å². The van der Waals surface area contributed by atoms with E-state index in [4.69, 9.17) is 4.74 Å². The standard InChI is InChI=1S/C16H23N5O/c1-13-6-8-20(9-7-13)10-11-21-12-15(18-19-21)14-4-3-5-16(17-14)22-2/h3-5,12-13H,6-11H2,1-2H3. The first-order valence-electron chi connectivity index (χ1n) is 7.88. The summed E-state index contributed by atoms with van der Waals surface area (Å²) in [5.74, 6) is 1.46. The Balaban J connectivity index is 1.59. The van der Waals surface area contributed by atoms with E-state index in [9.17, 15) is 0 Å². The van der Waals surface area contributed by atoms with E-state index in [-0.39, 0.29) is 0 Å². The maximum absolute atomic E-state index is 5.15. The zero-order valence-electron chi connectivity index (χ0n) is 13.3. The quantitative estimate of drug-likeness (QED) is 0.846. The van der Waals surface area contributed by atoms with Gasteiger partial charge in [0.25, 0.3) is 0 Å². The molecule has 0 aromatic carbocycles. The van der Waals surface area contributed by atoms with E-state index in [2.05, 4.69) is 27.1 Å². The first-order chi connectivity index (χ1) is 10.7. The number of piperidine rings is 1. The molecule has 2 aromatic rings. The Morgan fingerprint density at radius 3 is 2.77 bits per heavy atom. The summed E-state index contributed by atoms with van der Waals surface area (Å²) in [4.78, 5) is 6.89. The molecule has 1 aliphatic rings. The number of rotatable bonds is 5. The number of ether oxygens (including phenoxy) is 1. The molecule has 0 radical (unpaired) electrons. The van der Waals surface area contributed by atoms with E-state index in [1.807, 2.05) is 29.1 Å². The highest BCUT2D eigenvalue weighted by Gasteiger charge is 2.15. The molecule has 6 nitrogen and oxygen atoms in total. The summed E-state index contributed by atoms with van der Waals surface area (Å²) < 4.78 is 7.04. The molecule has 0 amide bonds.